The Morgan fingerprint density at radius 2 is 2.10 bits per heavy atom. The molecule has 2 rings (SSSR count). The molecule has 0 fully saturated rings. The fraction of sp³-hybridized carbons (Fsp3) is 0.375. The molecule has 0 aliphatic heterocycles. The average molecular weight is 325 g/mol. The van der Waals surface area contributed by atoms with E-state index in [2.05, 4.69) is 41.8 Å². The number of methoxy groups -OCH3 is 1. The monoisotopic (exact) mass is 324 g/mol. The van der Waals surface area contributed by atoms with Gasteiger partial charge in [0.05, 0.1) is 13.2 Å². The zero-order chi connectivity index (χ0) is 15.2. The minimum absolute atomic E-state index is 0.360. The molecule has 21 heavy (non-hydrogen) atoms. The minimum Gasteiger partial charge on any atom is -0.496 e. The maximum atomic E-state index is 6.26. The van der Waals surface area contributed by atoms with Crippen LogP contribution in [0.25, 0.3) is 0 Å². The van der Waals surface area contributed by atoms with Gasteiger partial charge in [0.2, 0.25) is 0 Å². The van der Waals surface area contributed by atoms with Crippen molar-refractivity contribution in [1.29, 1.82) is 0 Å². The number of hydrogen-bond donors (Lipinski definition) is 1. The summed E-state index contributed by atoms with van der Waals surface area (Å²) in [6, 6.07) is 10.4. The topological polar surface area (TPSA) is 24.5 Å². The van der Waals surface area contributed by atoms with Gasteiger partial charge in [0.25, 0.3) is 0 Å². The number of nitrogens with zero attached hydrogens (tertiary/aromatic N) is 1. The maximum Gasteiger partial charge on any atom is 0.124 e. The number of thiophene rings is 1. The third kappa shape index (κ3) is 4.20. The summed E-state index contributed by atoms with van der Waals surface area (Å²) in [4.78, 5) is 3.58. The van der Waals surface area contributed by atoms with E-state index in [4.69, 9.17) is 16.3 Å². The molecule has 0 aliphatic rings. The fourth-order valence-electron chi connectivity index (χ4n) is 2.25. The summed E-state index contributed by atoms with van der Waals surface area (Å²) in [6.45, 7) is 1.56. The number of nitrogens with one attached hydrogen (secondary N) is 1. The van der Waals surface area contributed by atoms with E-state index >= 15 is 0 Å². The predicted molar refractivity (Wildman–Crippen MR) is 90.5 cm³/mol. The first-order valence-corrected chi connectivity index (χ1v) is 8.11. The molecule has 3 nitrogen and oxygen atoms in total. The minimum atomic E-state index is 0.360. The number of ether oxygens (including phenoxy) is 1. The van der Waals surface area contributed by atoms with Crippen LogP contribution in [0.15, 0.2) is 35.7 Å². The van der Waals surface area contributed by atoms with Crippen molar-refractivity contribution < 1.29 is 4.74 Å². The van der Waals surface area contributed by atoms with E-state index in [1.54, 1.807) is 18.4 Å². The average Bonchev–Trinajstić information content (AvgIpc) is 2.98. The number of halogens is 1. The summed E-state index contributed by atoms with van der Waals surface area (Å²) in [5.41, 5.74) is 1.00. The van der Waals surface area contributed by atoms with Gasteiger partial charge in [-0.1, -0.05) is 23.7 Å². The molecular weight excluding hydrogens is 304 g/mol. The fourth-order valence-corrected chi connectivity index (χ4v) is 3.41. The standard InChI is InChI=1S/C16H21ClN2OS/c1-19(2)14(16-8-5-9-21-16)11-18-10-12-13(17)6-4-7-15(12)20-3/h4-9,14,18H,10-11H2,1-3H3. The summed E-state index contributed by atoms with van der Waals surface area (Å²) in [6.07, 6.45) is 0. The van der Waals surface area contributed by atoms with Crippen molar-refractivity contribution in [1.82, 2.24) is 10.2 Å². The van der Waals surface area contributed by atoms with Crippen LogP contribution in [0.2, 0.25) is 5.02 Å². The van der Waals surface area contributed by atoms with Crippen molar-refractivity contribution in [2.24, 2.45) is 0 Å². The van der Waals surface area contributed by atoms with E-state index in [0.29, 0.717) is 12.6 Å². The third-order valence-corrected chi connectivity index (χ3v) is 4.76. The summed E-state index contributed by atoms with van der Waals surface area (Å²) in [7, 11) is 5.87. The van der Waals surface area contributed by atoms with Gasteiger partial charge >= 0.3 is 0 Å². The molecule has 2 aromatic rings. The van der Waals surface area contributed by atoms with Crippen LogP contribution in [0.1, 0.15) is 16.5 Å². The van der Waals surface area contributed by atoms with E-state index < -0.39 is 0 Å². The zero-order valence-corrected chi connectivity index (χ0v) is 14.2. The highest BCUT2D eigenvalue weighted by Crippen LogP contribution is 2.27. The van der Waals surface area contributed by atoms with Crippen molar-refractivity contribution in [3.63, 3.8) is 0 Å². The van der Waals surface area contributed by atoms with E-state index in [1.807, 2.05) is 18.2 Å². The van der Waals surface area contributed by atoms with Crippen molar-refractivity contribution >= 4 is 22.9 Å². The van der Waals surface area contributed by atoms with Crippen molar-refractivity contribution in [2.45, 2.75) is 12.6 Å². The molecule has 1 N–H and O–H groups in total. The first-order valence-electron chi connectivity index (χ1n) is 6.85. The predicted octanol–water partition coefficient (Wildman–Crippen LogP) is 3.80. The van der Waals surface area contributed by atoms with Gasteiger partial charge in [-0.05, 0) is 37.7 Å². The Kier molecular flexibility index (Phi) is 6.06. The van der Waals surface area contributed by atoms with E-state index in [9.17, 15) is 0 Å². The second-order valence-corrected chi connectivity index (χ2v) is 6.43. The maximum absolute atomic E-state index is 6.26. The SMILES string of the molecule is COc1cccc(Cl)c1CNCC(c1cccs1)N(C)C. The van der Waals surface area contributed by atoms with Gasteiger partial charge in [0.1, 0.15) is 5.75 Å². The highest BCUT2D eigenvalue weighted by Gasteiger charge is 2.15. The molecule has 1 unspecified atom stereocenters. The van der Waals surface area contributed by atoms with Crippen molar-refractivity contribution in [3.05, 3.63) is 51.2 Å². The molecule has 0 saturated carbocycles. The second kappa shape index (κ2) is 7.80. The third-order valence-electron chi connectivity index (χ3n) is 3.43. The van der Waals surface area contributed by atoms with Gasteiger partial charge in [-0.2, -0.15) is 0 Å². The van der Waals surface area contributed by atoms with Crippen LogP contribution in [0.5, 0.6) is 5.75 Å². The van der Waals surface area contributed by atoms with Gasteiger partial charge in [-0.3, -0.25) is 0 Å². The Bertz CT molecular complexity index is 557. The van der Waals surface area contributed by atoms with Gasteiger partial charge in [0, 0.05) is 28.6 Å². The van der Waals surface area contributed by atoms with Gasteiger partial charge in [-0.15, -0.1) is 11.3 Å². The molecule has 0 spiro atoms. The second-order valence-electron chi connectivity index (χ2n) is 5.05. The Labute approximate surface area is 135 Å². The van der Waals surface area contributed by atoms with Crippen LogP contribution >= 0.6 is 22.9 Å². The van der Waals surface area contributed by atoms with Crippen LogP contribution in [0.4, 0.5) is 0 Å². The molecule has 0 saturated heterocycles. The zero-order valence-electron chi connectivity index (χ0n) is 12.6. The van der Waals surface area contributed by atoms with Crippen molar-refractivity contribution in [3.8, 4) is 5.75 Å². The first-order chi connectivity index (χ1) is 10.1. The molecule has 0 amide bonds. The van der Waals surface area contributed by atoms with Gasteiger partial charge < -0.3 is 15.0 Å². The molecule has 1 heterocycles. The van der Waals surface area contributed by atoms with E-state index in [-0.39, 0.29) is 0 Å². The molecule has 0 radical (unpaired) electrons. The molecule has 1 aromatic carbocycles. The first kappa shape index (κ1) is 16.3. The van der Waals surface area contributed by atoms with Crippen molar-refractivity contribution in [2.75, 3.05) is 27.7 Å². The largest absolute Gasteiger partial charge is 0.496 e. The molecule has 0 aliphatic carbocycles. The van der Waals surface area contributed by atoms with E-state index in [1.165, 1.54) is 4.88 Å². The molecule has 1 atom stereocenters. The molecular formula is C16H21ClN2OS. The Morgan fingerprint density at radius 3 is 2.71 bits per heavy atom. The summed E-state index contributed by atoms with van der Waals surface area (Å²) >= 11 is 8.04. The number of rotatable bonds is 7. The summed E-state index contributed by atoms with van der Waals surface area (Å²) < 4.78 is 5.37. The molecule has 5 heteroatoms. The van der Waals surface area contributed by atoms with Gasteiger partial charge in [-0.25, -0.2) is 0 Å². The van der Waals surface area contributed by atoms with Crippen LogP contribution in [0.3, 0.4) is 0 Å². The van der Waals surface area contributed by atoms with Gasteiger partial charge in [0.15, 0.2) is 0 Å². The van der Waals surface area contributed by atoms with E-state index in [0.717, 1.165) is 22.9 Å². The normalized spacial score (nSPS) is 12.6. The molecule has 114 valence electrons. The molecule has 1 aromatic heterocycles. The number of benzene rings is 1. The highest BCUT2D eigenvalue weighted by atomic mass is 35.5. The smallest absolute Gasteiger partial charge is 0.124 e. The lowest BCUT2D eigenvalue weighted by Crippen LogP contribution is -2.30. The lowest BCUT2D eigenvalue weighted by molar-refractivity contribution is 0.292. The lowest BCUT2D eigenvalue weighted by Gasteiger charge is -2.24. The van der Waals surface area contributed by atoms with Crippen LogP contribution in [-0.2, 0) is 6.54 Å². The quantitative estimate of drug-likeness (QED) is 0.838. The Morgan fingerprint density at radius 1 is 1.29 bits per heavy atom. The van der Waals surface area contributed by atoms with Crippen LogP contribution in [-0.4, -0.2) is 32.6 Å². The molecule has 0 bridgehead atoms. The Hall–Kier alpha value is -1.07. The highest BCUT2D eigenvalue weighted by molar-refractivity contribution is 7.10. The summed E-state index contributed by atoms with van der Waals surface area (Å²) in [5.74, 6) is 0.826. The Balaban J connectivity index is 2.00. The number of hydrogen-bond acceptors (Lipinski definition) is 4. The van der Waals surface area contributed by atoms with Crippen LogP contribution < -0.4 is 10.1 Å². The van der Waals surface area contributed by atoms with Crippen LogP contribution in [0, 0.1) is 0 Å². The number of likely N-dealkylation sites (N-methyl/N-ethyl adjacent to an activating group) is 1. The lowest BCUT2D eigenvalue weighted by atomic mass is 10.1. The summed E-state index contributed by atoms with van der Waals surface area (Å²) in [5, 5.41) is 6.34.